The highest BCUT2D eigenvalue weighted by molar-refractivity contribution is 9.10. The number of pyridine rings is 2. The summed E-state index contributed by atoms with van der Waals surface area (Å²) < 4.78 is 6.46. The van der Waals surface area contributed by atoms with Gasteiger partial charge in [0.2, 0.25) is 0 Å². The van der Waals surface area contributed by atoms with Gasteiger partial charge >= 0.3 is 0 Å². The van der Waals surface area contributed by atoms with Crippen LogP contribution in [0.25, 0.3) is 0 Å². The molecule has 2 heterocycles. The van der Waals surface area contributed by atoms with Crippen molar-refractivity contribution in [3.8, 4) is 5.75 Å². The lowest BCUT2D eigenvalue weighted by atomic mass is 10.2. The maximum absolute atomic E-state index is 5.81. The fourth-order valence-corrected chi connectivity index (χ4v) is 1.79. The van der Waals surface area contributed by atoms with Gasteiger partial charge in [-0.15, -0.1) is 0 Å². The lowest BCUT2D eigenvalue weighted by Crippen LogP contribution is -2.03. The molecular weight excluding hydrogens is 304 g/mol. The quantitative estimate of drug-likeness (QED) is 0.802. The van der Waals surface area contributed by atoms with Crippen molar-refractivity contribution in [1.29, 1.82) is 0 Å². The zero-order chi connectivity index (χ0) is 12.3. The van der Waals surface area contributed by atoms with Gasteiger partial charge in [0.1, 0.15) is 17.0 Å². The molecule has 0 aliphatic rings. The summed E-state index contributed by atoms with van der Waals surface area (Å²) in [4.78, 5) is 8.06. The van der Waals surface area contributed by atoms with Crippen LogP contribution in [0.5, 0.6) is 5.75 Å². The van der Waals surface area contributed by atoms with Gasteiger partial charge in [-0.05, 0) is 35.0 Å². The summed E-state index contributed by atoms with van der Waals surface area (Å²) in [5, 5.41) is 0.423. The van der Waals surface area contributed by atoms with E-state index in [2.05, 4.69) is 25.9 Å². The third-order valence-electron chi connectivity index (χ3n) is 2.24. The number of ether oxygens (including phenoxy) is 1. The molecule has 0 N–H and O–H groups in total. The minimum Gasteiger partial charge on any atom is -0.484 e. The van der Waals surface area contributed by atoms with Gasteiger partial charge in [-0.2, -0.15) is 0 Å². The summed E-state index contributed by atoms with van der Waals surface area (Å²) in [5.74, 6) is 0.664. The van der Waals surface area contributed by atoms with Crippen LogP contribution in [0.3, 0.4) is 0 Å². The van der Waals surface area contributed by atoms with Crippen molar-refractivity contribution in [2.24, 2.45) is 0 Å². The molecule has 0 spiro atoms. The van der Waals surface area contributed by atoms with E-state index in [1.165, 1.54) is 0 Å². The SMILES string of the molecule is CC(Oc1cnc(Cl)c(Br)c1)c1cccnc1. The molecule has 1 atom stereocenters. The Morgan fingerprint density at radius 1 is 1.41 bits per heavy atom. The van der Waals surface area contributed by atoms with E-state index in [9.17, 15) is 0 Å². The maximum Gasteiger partial charge on any atom is 0.143 e. The zero-order valence-corrected chi connectivity index (χ0v) is 11.4. The third kappa shape index (κ3) is 3.17. The van der Waals surface area contributed by atoms with E-state index in [-0.39, 0.29) is 6.10 Å². The van der Waals surface area contributed by atoms with E-state index in [4.69, 9.17) is 16.3 Å². The van der Waals surface area contributed by atoms with Crippen LogP contribution in [0.4, 0.5) is 0 Å². The average Bonchev–Trinajstić information content (AvgIpc) is 2.35. The predicted molar refractivity (Wildman–Crippen MR) is 70.2 cm³/mol. The lowest BCUT2D eigenvalue weighted by Gasteiger charge is -2.14. The molecule has 5 heteroatoms. The molecule has 1 unspecified atom stereocenters. The number of hydrogen-bond donors (Lipinski definition) is 0. The highest BCUT2D eigenvalue weighted by atomic mass is 79.9. The molecule has 2 aromatic rings. The molecular formula is C12H10BrClN2O. The molecule has 0 radical (unpaired) electrons. The minimum absolute atomic E-state index is 0.0847. The normalized spacial score (nSPS) is 12.2. The van der Waals surface area contributed by atoms with Crippen LogP contribution < -0.4 is 4.74 Å². The molecule has 0 aliphatic carbocycles. The summed E-state index contributed by atoms with van der Waals surface area (Å²) in [6.07, 6.45) is 5.03. The highest BCUT2D eigenvalue weighted by Crippen LogP contribution is 2.27. The second-order valence-corrected chi connectivity index (χ2v) is 4.70. The Bertz CT molecular complexity index is 507. The van der Waals surface area contributed by atoms with Crippen molar-refractivity contribution in [2.45, 2.75) is 13.0 Å². The standard InChI is InChI=1S/C12H10BrClN2O/c1-8(9-3-2-4-15-6-9)17-10-5-11(13)12(14)16-7-10/h2-8H,1H3. The fourth-order valence-electron chi connectivity index (χ4n) is 1.36. The van der Waals surface area contributed by atoms with Crippen LogP contribution >= 0.6 is 27.5 Å². The first-order valence-corrected chi connectivity index (χ1v) is 6.21. The second-order valence-electron chi connectivity index (χ2n) is 3.49. The Hall–Kier alpha value is -1.13. The molecule has 3 nitrogen and oxygen atoms in total. The van der Waals surface area contributed by atoms with Crippen LogP contribution in [0.2, 0.25) is 5.15 Å². The van der Waals surface area contributed by atoms with E-state index in [1.54, 1.807) is 24.7 Å². The Labute approximate surface area is 113 Å². The molecule has 0 fully saturated rings. The average molecular weight is 314 g/mol. The molecule has 0 aliphatic heterocycles. The maximum atomic E-state index is 5.81. The largest absolute Gasteiger partial charge is 0.484 e. The van der Waals surface area contributed by atoms with Gasteiger partial charge in [0.05, 0.1) is 10.7 Å². The highest BCUT2D eigenvalue weighted by Gasteiger charge is 2.08. The van der Waals surface area contributed by atoms with Gasteiger partial charge < -0.3 is 4.74 Å². The van der Waals surface area contributed by atoms with E-state index in [1.807, 2.05) is 19.1 Å². The van der Waals surface area contributed by atoms with Crippen molar-refractivity contribution in [2.75, 3.05) is 0 Å². The van der Waals surface area contributed by atoms with Gasteiger partial charge in [0.25, 0.3) is 0 Å². The van der Waals surface area contributed by atoms with Crippen molar-refractivity contribution < 1.29 is 4.74 Å². The number of aromatic nitrogens is 2. The minimum atomic E-state index is -0.0847. The smallest absolute Gasteiger partial charge is 0.143 e. The van der Waals surface area contributed by atoms with Crippen LogP contribution in [-0.2, 0) is 0 Å². The third-order valence-corrected chi connectivity index (χ3v) is 3.37. The Morgan fingerprint density at radius 3 is 2.88 bits per heavy atom. The van der Waals surface area contributed by atoms with Crippen molar-refractivity contribution >= 4 is 27.5 Å². The van der Waals surface area contributed by atoms with Gasteiger partial charge in [-0.3, -0.25) is 4.98 Å². The lowest BCUT2D eigenvalue weighted by molar-refractivity contribution is 0.225. The first-order chi connectivity index (χ1) is 8.16. The molecule has 2 aromatic heterocycles. The summed E-state index contributed by atoms with van der Waals surface area (Å²) in [5.41, 5.74) is 1.01. The summed E-state index contributed by atoms with van der Waals surface area (Å²) in [7, 11) is 0. The Morgan fingerprint density at radius 2 is 2.24 bits per heavy atom. The summed E-state index contributed by atoms with van der Waals surface area (Å²) in [6.45, 7) is 1.96. The topological polar surface area (TPSA) is 35.0 Å². The van der Waals surface area contributed by atoms with E-state index in [0.717, 1.165) is 10.0 Å². The summed E-state index contributed by atoms with van der Waals surface area (Å²) in [6, 6.07) is 5.64. The van der Waals surface area contributed by atoms with Gasteiger partial charge in [-0.25, -0.2) is 4.98 Å². The van der Waals surface area contributed by atoms with Gasteiger partial charge in [-0.1, -0.05) is 17.7 Å². The van der Waals surface area contributed by atoms with Crippen LogP contribution in [0, 0.1) is 0 Å². The van der Waals surface area contributed by atoms with Crippen molar-refractivity contribution in [3.05, 3.63) is 52.0 Å². The predicted octanol–water partition coefficient (Wildman–Crippen LogP) is 4.03. The molecule has 17 heavy (non-hydrogen) atoms. The van der Waals surface area contributed by atoms with Crippen LogP contribution in [0.1, 0.15) is 18.6 Å². The van der Waals surface area contributed by atoms with Gasteiger partial charge in [0, 0.05) is 18.0 Å². The van der Waals surface area contributed by atoms with Crippen LogP contribution in [0.15, 0.2) is 41.3 Å². The number of nitrogens with zero attached hydrogens (tertiary/aromatic N) is 2. The van der Waals surface area contributed by atoms with Gasteiger partial charge in [0.15, 0.2) is 0 Å². The Kier molecular flexibility index (Phi) is 3.97. The summed E-state index contributed by atoms with van der Waals surface area (Å²) >= 11 is 9.12. The second kappa shape index (κ2) is 5.47. The van der Waals surface area contributed by atoms with E-state index >= 15 is 0 Å². The first-order valence-electron chi connectivity index (χ1n) is 5.04. The van der Waals surface area contributed by atoms with E-state index in [0.29, 0.717) is 10.9 Å². The Balaban J connectivity index is 2.13. The molecule has 0 saturated heterocycles. The molecule has 88 valence electrons. The zero-order valence-electron chi connectivity index (χ0n) is 9.10. The molecule has 0 saturated carbocycles. The van der Waals surface area contributed by atoms with E-state index < -0.39 is 0 Å². The molecule has 0 aromatic carbocycles. The van der Waals surface area contributed by atoms with Crippen molar-refractivity contribution in [3.63, 3.8) is 0 Å². The number of rotatable bonds is 3. The molecule has 2 rings (SSSR count). The van der Waals surface area contributed by atoms with Crippen molar-refractivity contribution in [1.82, 2.24) is 9.97 Å². The number of hydrogen-bond acceptors (Lipinski definition) is 3. The first kappa shape index (κ1) is 12.3. The number of halogens is 2. The molecule has 0 bridgehead atoms. The fraction of sp³-hybridized carbons (Fsp3) is 0.167. The van der Waals surface area contributed by atoms with Crippen LogP contribution in [-0.4, -0.2) is 9.97 Å². The molecule has 0 amide bonds. The monoisotopic (exact) mass is 312 g/mol.